The number of aliphatic carboxylic acids is 1. The first-order valence-corrected chi connectivity index (χ1v) is 11.6. The van der Waals surface area contributed by atoms with Gasteiger partial charge in [0, 0.05) is 17.8 Å². The van der Waals surface area contributed by atoms with E-state index in [1.54, 1.807) is 0 Å². The van der Waals surface area contributed by atoms with Gasteiger partial charge in [-0.15, -0.1) is 0 Å². The highest BCUT2D eigenvalue weighted by Gasteiger charge is 2.66. The normalized spacial score (nSPS) is 49.1. The number of carboxylic acids is 1. The number of rotatable bonds is 4. The highest BCUT2D eigenvalue weighted by Crippen LogP contribution is 2.67. The van der Waals surface area contributed by atoms with Crippen LogP contribution >= 0.6 is 0 Å². The molecular weight excluding hydrogens is 352 g/mol. The minimum atomic E-state index is -0.879. The first kappa shape index (κ1) is 20.4. The van der Waals surface area contributed by atoms with Crippen LogP contribution in [0.4, 0.5) is 0 Å². The zero-order chi connectivity index (χ0) is 20.3. The van der Waals surface area contributed by atoms with Gasteiger partial charge in [-0.05, 0) is 80.0 Å². The molecule has 4 nitrogen and oxygen atoms in total. The molecule has 0 bridgehead atoms. The smallest absolute Gasteiger partial charge is 0.303 e. The lowest BCUT2D eigenvalue weighted by Gasteiger charge is -2.61. The highest BCUT2D eigenvalue weighted by molar-refractivity contribution is 5.88. The number of ketones is 1. The first-order valence-electron chi connectivity index (χ1n) is 11.6. The fourth-order valence-corrected chi connectivity index (χ4v) is 8.60. The number of aliphatic hydroxyl groups excluding tert-OH is 1. The minimum absolute atomic E-state index is 0.0349. The predicted octanol–water partition coefficient (Wildman–Crippen LogP) is 4.69. The Bertz CT molecular complexity index is 645. The molecule has 0 aromatic heterocycles. The van der Waals surface area contributed by atoms with Crippen LogP contribution in [-0.2, 0) is 9.59 Å². The van der Waals surface area contributed by atoms with Gasteiger partial charge in [0.2, 0.25) is 0 Å². The van der Waals surface area contributed by atoms with Gasteiger partial charge < -0.3 is 10.2 Å². The molecule has 4 fully saturated rings. The Kier molecular flexibility index (Phi) is 5.17. The molecule has 0 aromatic rings. The van der Waals surface area contributed by atoms with E-state index < -0.39 is 12.1 Å². The molecule has 158 valence electrons. The van der Waals surface area contributed by atoms with E-state index in [9.17, 15) is 14.7 Å². The van der Waals surface area contributed by atoms with Crippen LogP contribution in [0.3, 0.4) is 0 Å². The zero-order valence-electron chi connectivity index (χ0n) is 17.8. The molecule has 0 aromatic carbocycles. The fourth-order valence-electron chi connectivity index (χ4n) is 8.60. The van der Waals surface area contributed by atoms with Gasteiger partial charge >= 0.3 is 5.97 Å². The Morgan fingerprint density at radius 3 is 2.61 bits per heavy atom. The topological polar surface area (TPSA) is 74.6 Å². The van der Waals surface area contributed by atoms with Crippen molar-refractivity contribution < 1.29 is 19.8 Å². The van der Waals surface area contributed by atoms with Crippen molar-refractivity contribution in [3.63, 3.8) is 0 Å². The second kappa shape index (κ2) is 7.11. The van der Waals surface area contributed by atoms with Crippen molar-refractivity contribution in [2.45, 2.75) is 91.1 Å². The van der Waals surface area contributed by atoms with Gasteiger partial charge in [-0.3, -0.25) is 9.59 Å². The monoisotopic (exact) mass is 390 g/mol. The number of Topliss-reactive ketones (excluding diaryl/α,β-unsaturated/α-hetero) is 1. The summed E-state index contributed by atoms with van der Waals surface area (Å²) >= 11 is 0. The molecule has 4 heteroatoms. The SMILES string of the molecule is C[C@H](CCC(=O)O)[C@H]1CC[C@H]2[C@@H]3CCC4CCCC[C@]4(C)[C@H]3C(=O)C(O)[C@]12C. The summed E-state index contributed by atoms with van der Waals surface area (Å²) < 4.78 is 0. The van der Waals surface area contributed by atoms with Crippen molar-refractivity contribution in [2.24, 2.45) is 46.3 Å². The lowest BCUT2D eigenvalue weighted by molar-refractivity contribution is -0.183. The quantitative estimate of drug-likeness (QED) is 0.730. The second-order valence-electron chi connectivity index (χ2n) is 11.0. The lowest BCUT2D eigenvalue weighted by Crippen LogP contribution is -2.63. The van der Waals surface area contributed by atoms with Gasteiger partial charge in [-0.2, -0.15) is 0 Å². The Hall–Kier alpha value is -0.900. The summed E-state index contributed by atoms with van der Waals surface area (Å²) in [5, 5.41) is 20.5. The van der Waals surface area contributed by atoms with Crippen LogP contribution in [0.25, 0.3) is 0 Å². The number of hydrogen-bond donors (Lipinski definition) is 2. The third-order valence-electron chi connectivity index (χ3n) is 10.0. The molecule has 4 saturated carbocycles. The molecule has 2 unspecified atom stereocenters. The fraction of sp³-hybridized carbons (Fsp3) is 0.917. The summed E-state index contributed by atoms with van der Waals surface area (Å²) in [7, 11) is 0. The molecular formula is C24H38O4. The number of carbonyl (C=O) groups excluding carboxylic acids is 1. The van der Waals surface area contributed by atoms with Crippen molar-refractivity contribution in [2.75, 3.05) is 0 Å². The van der Waals surface area contributed by atoms with Crippen molar-refractivity contribution in [3.05, 3.63) is 0 Å². The van der Waals surface area contributed by atoms with E-state index in [1.165, 1.54) is 25.7 Å². The van der Waals surface area contributed by atoms with E-state index in [0.717, 1.165) is 25.7 Å². The van der Waals surface area contributed by atoms with Gasteiger partial charge in [0.1, 0.15) is 6.10 Å². The van der Waals surface area contributed by atoms with Crippen molar-refractivity contribution in [1.29, 1.82) is 0 Å². The summed E-state index contributed by atoms with van der Waals surface area (Å²) in [6, 6.07) is 0. The number of fused-ring (bicyclic) bond motifs is 5. The van der Waals surface area contributed by atoms with Gasteiger partial charge in [-0.1, -0.05) is 33.6 Å². The molecule has 0 radical (unpaired) electrons. The van der Waals surface area contributed by atoms with Gasteiger partial charge in [0.05, 0.1) is 0 Å². The molecule has 0 aliphatic heterocycles. The molecule has 9 atom stereocenters. The van der Waals surface area contributed by atoms with Crippen molar-refractivity contribution in [1.82, 2.24) is 0 Å². The van der Waals surface area contributed by atoms with E-state index in [4.69, 9.17) is 5.11 Å². The molecule has 0 amide bonds. The number of hydrogen-bond acceptors (Lipinski definition) is 3. The molecule has 4 aliphatic carbocycles. The summed E-state index contributed by atoms with van der Waals surface area (Å²) in [6.07, 6.45) is 9.32. The second-order valence-corrected chi connectivity index (χ2v) is 11.0. The Balaban J connectivity index is 1.63. The van der Waals surface area contributed by atoms with Gasteiger partial charge in [0.25, 0.3) is 0 Å². The predicted molar refractivity (Wildman–Crippen MR) is 108 cm³/mol. The van der Waals surface area contributed by atoms with E-state index in [0.29, 0.717) is 24.2 Å². The molecule has 0 spiro atoms. The zero-order valence-corrected chi connectivity index (χ0v) is 17.8. The van der Waals surface area contributed by atoms with Crippen LogP contribution in [0.2, 0.25) is 0 Å². The average Bonchev–Trinajstić information content (AvgIpc) is 3.01. The molecule has 2 N–H and O–H groups in total. The van der Waals surface area contributed by atoms with Crippen LogP contribution < -0.4 is 0 Å². The standard InChI is InChI=1S/C24H38O4/c1-14(7-12-19(25)26)17-10-11-18-16-9-8-15-6-4-5-13-23(15,2)20(16)21(27)22(28)24(17,18)3/h14-18,20,22,28H,4-13H2,1-3H3,(H,25,26)/t14-,15?,16+,17-,18+,20-,22?,23+,24-/m1/s1. The summed E-state index contributed by atoms with van der Waals surface area (Å²) in [6.45, 7) is 6.63. The minimum Gasteiger partial charge on any atom is -0.481 e. The summed E-state index contributed by atoms with van der Waals surface area (Å²) in [4.78, 5) is 24.7. The molecule has 4 aliphatic rings. The summed E-state index contributed by atoms with van der Waals surface area (Å²) in [5.74, 6) is 1.34. The van der Waals surface area contributed by atoms with Gasteiger partial charge in [0.15, 0.2) is 5.78 Å². The van der Waals surface area contributed by atoms with Gasteiger partial charge in [-0.25, -0.2) is 0 Å². The maximum Gasteiger partial charge on any atom is 0.303 e. The highest BCUT2D eigenvalue weighted by atomic mass is 16.4. The number of carbonyl (C=O) groups is 2. The van der Waals surface area contributed by atoms with Crippen LogP contribution in [0.5, 0.6) is 0 Å². The van der Waals surface area contributed by atoms with E-state index in [-0.39, 0.29) is 40.8 Å². The summed E-state index contributed by atoms with van der Waals surface area (Å²) in [5.41, 5.74) is -0.304. The van der Waals surface area contributed by atoms with Crippen LogP contribution in [-0.4, -0.2) is 28.1 Å². The van der Waals surface area contributed by atoms with E-state index in [1.807, 2.05) is 0 Å². The average molecular weight is 391 g/mol. The molecule has 28 heavy (non-hydrogen) atoms. The maximum absolute atomic E-state index is 13.7. The Morgan fingerprint density at radius 2 is 1.89 bits per heavy atom. The van der Waals surface area contributed by atoms with E-state index in [2.05, 4.69) is 20.8 Å². The maximum atomic E-state index is 13.7. The Morgan fingerprint density at radius 1 is 1.14 bits per heavy atom. The van der Waals surface area contributed by atoms with Crippen molar-refractivity contribution in [3.8, 4) is 0 Å². The molecule has 0 saturated heterocycles. The largest absolute Gasteiger partial charge is 0.481 e. The lowest BCUT2D eigenvalue weighted by atomic mass is 9.43. The number of aliphatic hydroxyl groups is 1. The molecule has 4 rings (SSSR count). The third kappa shape index (κ3) is 2.80. The third-order valence-corrected chi connectivity index (χ3v) is 10.0. The molecule has 0 heterocycles. The van der Waals surface area contributed by atoms with Crippen LogP contribution in [0, 0.1) is 46.3 Å². The van der Waals surface area contributed by atoms with Crippen LogP contribution in [0.15, 0.2) is 0 Å². The van der Waals surface area contributed by atoms with Crippen LogP contribution in [0.1, 0.15) is 85.0 Å². The Labute approximate surface area is 169 Å². The van der Waals surface area contributed by atoms with Crippen molar-refractivity contribution >= 4 is 11.8 Å². The van der Waals surface area contributed by atoms with E-state index >= 15 is 0 Å². The first-order chi connectivity index (χ1) is 13.2. The number of carboxylic acid groups (broad SMARTS) is 1.